The van der Waals surface area contributed by atoms with Crippen LogP contribution in [0.25, 0.3) is 0 Å². The van der Waals surface area contributed by atoms with E-state index in [9.17, 15) is 4.79 Å². The van der Waals surface area contributed by atoms with Crippen LogP contribution in [0, 0.1) is 0 Å². The van der Waals surface area contributed by atoms with Gasteiger partial charge >= 0.3 is 0 Å². The molecule has 0 aromatic heterocycles. The Morgan fingerprint density at radius 3 is 2.24 bits per heavy atom. The predicted molar refractivity (Wildman–Crippen MR) is 104 cm³/mol. The Morgan fingerprint density at radius 1 is 1.00 bits per heavy atom. The fourth-order valence-corrected chi connectivity index (χ4v) is 3.17. The number of para-hydroxylation sites is 1. The molecule has 1 amide bonds. The van der Waals surface area contributed by atoms with Crippen LogP contribution < -0.4 is 20.9 Å². The zero-order valence-corrected chi connectivity index (χ0v) is 14.9. The Bertz CT molecular complexity index is 722. The second kappa shape index (κ2) is 7.47. The van der Waals surface area contributed by atoms with Gasteiger partial charge in [0.25, 0.3) is 5.91 Å². The third-order valence-electron chi connectivity index (χ3n) is 4.45. The molecule has 0 unspecified atom stereocenters. The zero-order chi connectivity index (χ0) is 17.8. The summed E-state index contributed by atoms with van der Waals surface area (Å²) in [4.78, 5) is 16.8. The highest BCUT2D eigenvalue weighted by atomic mass is 16.1. The largest absolute Gasteiger partial charge is 0.397 e. The lowest BCUT2D eigenvalue weighted by Crippen LogP contribution is -2.46. The molecule has 1 heterocycles. The maximum Gasteiger partial charge on any atom is 0.251 e. The molecule has 2 aromatic rings. The Labute approximate surface area is 149 Å². The van der Waals surface area contributed by atoms with Gasteiger partial charge in [0.15, 0.2) is 0 Å². The van der Waals surface area contributed by atoms with Crippen molar-refractivity contribution in [3.05, 3.63) is 54.1 Å². The number of hydrogen-bond donors (Lipinski definition) is 2. The van der Waals surface area contributed by atoms with Crippen LogP contribution in [-0.4, -0.2) is 38.1 Å². The summed E-state index contributed by atoms with van der Waals surface area (Å²) >= 11 is 0. The molecular weight excluding hydrogens is 312 g/mol. The number of amides is 1. The number of benzene rings is 2. The summed E-state index contributed by atoms with van der Waals surface area (Å²) < 4.78 is 0. The monoisotopic (exact) mass is 338 g/mol. The van der Waals surface area contributed by atoms with Crippen LogP contribution in [0.3, 0.4) is 0 Å². The van der Waals surface area contributed by atoms with Crippen LogP contribution in [0.5, 0.6) is 0 Å². The van der Waals surface area contributed by atoms with Crippen LogP contribution in [0.2, 0.25) is 0 Å². The number of carbonyl (C=O) groups is 1. The smallest absolute Gasteiger partial charge is 0.251 e. The Morgan fingerprint density at radius 2 is 1.64 bits per heavy atom. The lowest BCUT2D eigenvalue weighted by molar-refractivity contribution is 0.0943. The van der Waals surface area contributed by atoms with Gasteiger partial charge in [0.05, 0.1) is 11.4 Å². The van der Waals surface area contributed by atoms with Gasteiger partial charge in [0, 0.05) is 43.5 Å². The first-order valence-corrected chi connectivity index (χ1v) is 8.80. The molecule has 0 bridgehead atoms. The van der Waals surface area contributed by atoms with Crippen molar-refractivity contribution in [2.75, 3.05) is 41.7 Å². The third kappa shape index (κ3) is 4.05. The minimum atomic E-state index is -0.0813. The molecule has 2 aromatic carbocycles. The van der Waals surface area contributed by atoms with Crippen molar-refractivity contribution in [2.24, 2.45) is 0 Å². The first kappa shape index (κ1) is 17.1. The van der Waals surface area contributed by atoms with Crippen LogP contribution in [0.1, 0.15) is 24.2 Å². The number of anilines is 3. The molecule has 1 aliphatic heterocycles. The molecule has 0 spiro atoms. The number of nitrogens with two attached hydrogens (primary N) is 1. The van der Waals surface area contributed by atoms with Crippen LogP contribution in [-0.2, 0) is 0 Å². The van der Waals surface area contributed by atoms with E-state index in [1.54, 1.807) is 6.07 Å². The van der Waals surface area contributed by atoms with Crippen molar-refractivity contribution in [3.63, 3.8) is 0 Å². The molecule has 1 saturated heterocycles. The van der Waals surface area contributed by atoms with E-state index in [-0.39, 0.29) is 11.9 Å². The molecule has 3 N–H and O–H groups in total. The summed E-state index contributed by atoms with van der Waals surface area (Å²) in [5.74, 6) is -0.0813. The molecule has 3 rings (SSSR count). The Balaban J connectivity index is 1.66. The van der Waals surface area contributed by atoms with E-state index in [4.69, 9.17) is 5.73 Å². The van der Waals surface area contributed by atoms with Crippen molar-refractivity contribution in [1.29, 1.82) is 0 Å². The lowest BCUT2D eigenvalue weighted by atomic mass is 10.1. The summed E-state index contributed by atoms with van der Waals surface area (Å²) in [5, 5.41) is 2.89. The van der Waals surface area contributed by atoms with Crippen LogP contribution in [0.4, 0.5) is 17.1 Å². The van der Waals surface area contributed by atoms with E-state index in [1.807, 2.05) is 32.0 Å². The molecule has 132 valence electrons. The molecular formula is C20H26N4O. The molecule has 25 heavy (non-hydrogen) atoms. The minimum Gasteiger partial charge on any atom is -0.397 e. The van der Waals surface area contributed by atoms with E-state index in [1.165, 1.54) is 5.69 Å². The normalized spacial score (nSPS) is 14.7. The van der Waals surface area contributed by atoms with E-state index in [2.05, 4.69) is 39.4 Å². The van der Waals surface area contributed by atoms with Crippen molar-refractivity contribution in [3.8, 4) is 0 Å². The number of rotatable bonds is 4. The summed E-state index contributed by atoms with van der Waals surface area (Å²) in [6, 6.07) is 16.2. The third-order valence-corrected chi connectivity index (χ3v) is 4.45. The number of hydrogen-bond acceptors (Lipinski definition) is 4. The summed E-state index contributed by atoms with van der Waals surface area (Å²) in [7, 11) is 0. The highest BCUT2D eigenvalue weighted by Gasteiger charge is 2.19. The summed E-state index contributed by atoms with van der Waals surface area (Å²) in [6.07, 6.45) is 0. The maximum absolute atomic E-state index is 12.1. The Hall–Kier alpha value is -2.69. The highest BCUT2D eigenvalue weighted by Crippen LogP contribution is 2.26. The van der Waals surface area contributed by atoms with Crippen molar-refractivity contribution in [2.45, 2.75) is 19.9 Å². The van der Waals surface area contributed by atoms with Gasteiger partial charge in [-0.2, -0.15) is 0 Å². The zero-order valence-electron chi connectivity index (χ0n) is 14.9. The lowest BCUT2D eigenvalue weighted by Gasteiger charge is -2.37. The molecule has 0 aliphatic carbocycles. The van der Waals surface area contributed by atoms with Gasteiger partial charge in [-0.05, 0) is 44.2 Å². The average Bonchev–Trinajstić information content (AvgIpc) is 2.62. The van der Waals surface area contributed by atoms with Crippen LogP contribution >= 0.6 is 0 Å². The second-order valence-corrected chi connectivity index (χ2v) is 6.71. The SMILES string of the molecule is CC(C)NC(=O)c1ccc(N2CCN(c3ccccc3)CC2)c(N)c1. The van der Waals surface area contributed by atoms with E-state index < -0.39 is 0 Å². The molecule has 5 nitrogen and oxygen atoms in total. The van der Waals surface area contributed by atoms with Gasteiger partial charge in [-0.3, -0.25) is 4.79 Å². The van der Waals surface area contributed by atoms with E-state index in [0.717, 1.165) is 31.9 Å². The highest BCUT2D eigenvalue weighted by molar-refractivity contribution is 5.96. The topological polar surface area (TPSA) is 61.6 Å². The van der Waals surface area contributed by atoms with Crippen LogP contribution in [0.15, 0.2) is 48.5 Å². The minimum absolute atomic E-state index is 0.0813. The van der Waals surface area contributed by atoms with Gasteiger partial charge in [-0.25, -0.2) is 0 Å². The average molecular weight is 338 g/mol. The van der Waals surface area contributed by atoms with Gasteiger partial charge in [0.2, 0.25) is 0 Å². The Kier molecular flexibility index (Phi) is 5.12. The molecule has 1 aliphatic rings. The maximum atomic E-state index is 12.1. The second-order valence-electron chi connectivity index (χ2n) is 6.71. The number of carbonyl (C=O) groups excluding carboxylic acids is 1. The fourth-order valence-electron chi connectivity index (χ4n) is 3.17. The van der Waals surface area contributed by atoms with Gasteiger partial charge in [-0.1, -0.05) is 18.2 Å². The number of nitrogens with one attached hydrogen (secondary N) is 1. The quantitative estimate of drug-likeness (QED) is 0.842. The van der Waals surface area contributed by atoms with Gasteiger partial charge < -0.3 is 20.9 Å². The van der Waals surface area contributed by atoms with Gasteiger partial charge in [-0.15, -0.1) is 0 Å². The van der Waals surface area contributed by atoms with E-state index in [0.29, 0.717) is 11.3 Å². The summed E-state index contributed by atoms with van der Waals surface area (Å²) in [5.41, 5.74) is 9.77. The predicted octanol–water partition coefficient (Wildman–Crippen LogP) is 2.73. The van der Waals surface area contributed by atoms with Gasteiger partial charge in [0.1, 0.15) is 0 Å². The molecule has 0 atom stereocenters. The van der Waals surface area contributed by atoms with E-state index >= 15 is 0 Å². The molecule has 5 heteroatoms. The van der Waals surface area contributed by atoms with Crippen molar-refractivity contribution >= 4 is 23.0 Å². The standard InChI is InChI=1S/C20H26N4O/c1-15(2)22-20(25)16-8-9-19(18(21)14-16)24-12-10-23(11-13-24)17-6-4-3-5-7-17/h3-9,14-15H,10-13,21H2,1-2H3,(H,22,25). The van der Waals surface area contributed by atoms with Crippen molar-refractivity contribution in [1.82, 2.24) is 5.32 Å². The number of piperazine rings is 1. The molecule has 0 radical (unpaired) electrons. The molecule has 1 fully saturated rings. The first-order chi connectivity index (χ1) is 12.0. The number of nitrogens with zero attached hydrogens (tertiary/aromatic N) is 2. The van der Waals surface area contributed by atoms with Crippen molar-refractivity contribution < 1.29 is 4.79 Å². The first-order valence-electron chi connectivity index (χ1n) is 8.80. The summed E-state index contributed by atoms with van der Waals surface area (Å²) in [6.45, 7) is 7.63. The molecule has 0 saturated carbocycles. The fraction of sp³-hybridized carbons (Fsp3) is 0.350. The number of nitrogen functional groups attached to an aromatic ring is 1.